The topological polar surface area (TPSA) is 97.4 Å². The number of amides is 1. The number of hydrogen-bond donors (Lipinski definition) is 1. The van der Waals surface area contributed by atoms with Crippen LogP contribution in [0.25, 0.3) is 0 Å². The summed E-state index contributed by atoms with van der Waals surface area (Å²) < 4.78 is 25.4. The Morgan fingerprint density at radius 1 is 1.21 bits per heavy atom. The number of carbonyl (C=O) groups is 3. The Balaban J connectivity index is 2.47. The quantitative estimate of drug-likeness (QED) is 0.818. The summed E-state index contributed by atoms with van der Waals surface area (Å²) >= 11 is 0. The summed E-state index contributed by atoms with van der Waals surface area (Å²) in [5, 5.41) is 0. The first-order valence-corrected chi connectivity index (χ1v) is 7.04. The Morgan fingerprint density at radius 2 is 1.89 bits per heavy atom. The first-order valence-electron chi connectivity index (χ1n) is 5.56. The third-order valence-electron chi connectivity index (χ3n) is 2.76. The first kappa shape index (κ1) is 13.4. The van der Waals surface area contributed by atoms with Crippen LogP contribution in [0.2, 0.25) is 0 Å². The molecule has 0 unspecified atom stereocenters. The molecule has 1 aliphatic rings. The van der Waals surface area contributed by atoms with E-state index in [1.165, 1.54) is 25.1 Å². The van der Waals surface area contributed by atoms with E-state index < -0.39 is 21.7 Å². The number of hydrogen-bond acceptors (Lipinski definition) is 5. The van der Waals surface area contributed by atoms with Crippen LogP contribution >= 0.6 is 0 Å². The maximum Gasteiger partial charge on any atom is 0.266 e. The van der Waals surface area contributed by atoms with Gasteiger partial charge in [-0.25, -0.2) is 13.1 Å². The van der Waals surface area contributed by atoms with Crippen LogP contribution in [-0.2, 0) is 14.8 Å². The third kappa shape index (κ3) is 2.41. The molecule has 0 aromatic heterocycles. The summed E-state index contributed by atoms with van der Waals surface area (Å²) in [5.74, 6) is -1.36. The van der Waals surface area contributed by atoms with E-state index in [-0.39, 0.29) is 34.6 Å². The Hall–Kier alpha value is -2.02. The fourth-order valence-electron chi connectivity index (χ4n) is 1.88. The molecule has 1 aromatic rings. The van der Waals surface area contributed by atoms with Crippen molar-refractivity contribution in [3.8, 4) is 0 Å². The van der Waals surface area contributed by atoms with E-state index in [1.807, 2.05) is 4.72 Å². The fourth-order valence-corrected chi connectivity index (χ4v) is 3.25. The van der Waals surface area contributed by atoms with Crippen molar-refractivity contribution in [3.05, 3.63) is 29.3 Å². The van der Waals surface area contributed by atoms with Gasteiger partial charge in [0.25, 0.3) is 15.9 Å². The van der Waals surface area contributed by atoms with E-state index >= 15 is 0 Å². The molecule has 1 N–H and O–H groups in total. The lowest BCUT2D eigenvalue weighted by molar-refractivity contribution is -0.116. The van der Waals surface area contributed by atoms with Crippen LogP contribution in [0.3, 0.4) is 0 Å². The second-order valence-electron chi connectivity index (χ2n) is 4.24. The number of benzene rings is 1. The number of sulfonamides is 1. The Labute approximate surface area is 109 Å². The van der Waals surface area contributed by atoms with Gasteiger partial charge >= 0.3 is 0 Å². The monoisotopic (exact) mass is 281 g/mol. The van der Waals surface area contributed by atoms with Crippen molar-refractivity contribution < 1.29 is 22.8 Å². The van der Waals surface area contributed by atoms with Gasteiger partial charge in [-0.2, -0.15) is 0 Å². The van der Waals surface area contributed by atoms with E-state index in [4.69, 9.17) is 0 Å². The Kier molecular flexibility index (Phi) is 3.23. The molecule has 1 heterocycles. The van der Waals surface area contributed by atoms with Gasteiger partial charge in [-0.05, 0) is 19.1 Å². The number of carbonyl (C=O) groups excluding carboxylic acids is 3. The van der Waals surface area contributed by atoms with Crippen LogP contribution in [0, 0.1) is 0 Å². The minimum Gasteiger partial charge on any atom is -0.300 e. The van der Waals surface area contributed by atoms with Gasteiger partial charge in [0, 0.05) is 18.4 Å². The van der Waals surface area contributed by atoms with Crippen molar-refractivity contribution in [3.63, 3.8) is 0 Å². The van der Waals surface area contributed by atoms with Crippen LogP contribution in [0.15, 0.2) is 23.1 Å². The Bertz CT molecular complexity index is 690. The van der Waals surface area contributed by atoms with E-state index in [0.29, 0.717) is 0 Å². The lowest BCUT2D eigenvalue weighted by Crippen LogP contribution is -2.21. The van der Waals surface area contributed by atoms with Crippen LogP contribution in [0.5, 0.6) is 0 Å². The molecule has 0 fully saturated rings. The summed E-state index contributed by atoms with van der Waals surface area (Å²) in [7, 11) is -3.97. The van der Waals surface area contributed by atoms with E-state index in [2.05, 4.69) is 0 Å². The van der Waals surface area contributed by atoms with Gasteiger partial charge in [-0.1, -0.05) is 6.07 Å². The van der Waals surface area contributed by atoms with Crippen molar-refractivity contribution in [1.82, 2.24) is 4.72 Å². The van der Waals surface area contributed by atoms with Crippen LogP contribution in [-0.4, -0.2) is 25.9 Å². The predicted octanol–water partition coefficient (Wildman–Crippen LogP) is 0.671. The summed E-state index contributed by atoms with van der Waals surface area (Å²) in [6.07, 6.45) is -0.0284. The molecule has 7 heteroatoms. The molecule has 19 heavy (non-hydrogen) atoms. The minimum absolute atomic E-state index is 0.0336. The highest BCUT2D eigenvalue weighted by atomic mass is 32.2. The average Bonchev–Trinajstić information content (AvgIpc) is 2.57. The summed E-state index contributed by atoms with van der Waals surface area (Å²) in [5.41, 5.74) is -0.0780. The van der Waals surface area contributed by atoms with Crippen molar-refractivity contribution in [2.45, 2.75) is 24.7 Å². The molecule has 1 aromatic carbocycles. The van der Waals surface area contributed by atoms with E-state index in [9.17, 15) is 22.8 Å². The molecule has 100 valence electrons. The van der Waals surface area contributed by atoms with E-state index in [0.717, 1.165) is 0 Å². The summed E-state index contributed by atoms with van der Waals surface area (Å²) in [6.45, 7) is 1.35. The lowest BCUT2D eigenvalue weighted by atomic mass is 10.0. The minimum atomic E-state index is -3.97. The maximum atomic E-state index is 11.9. The van der Waals surface area contributed by atoms with Gasteiger partial charge < -0.3 is 4.79 Å². The Morgan fingerprint density at radius 3 is 2.53 bits per heavy atom. The van der Waals surface area contributed by atoms with Gasteiger partial charge in [0.2, 0.25) is 0 Å². The molecule has 0 atom stereocenters. The van der Waals surface area contributed by atoms with Gasteiger partial charge in [-0.3, -0.25) is 9.59 Å². The molecule has 0 bridgehead atoms. The molecule has 0 aliphatic carbocycles. The zero-order valence-electron chi connectivity index (χ0n) is 10.1. The second kappa shape index (κ2) is 4.58. The van der Waals surface area contributed by atoms with Crippen molar-refractivity contribution in [2.24, 2.45) is 0 Å². The number of nitrogens with one attached hydrogen (secondary N) is 1. The molecule has 2 rings (SSSR count). The highest BCUT2D eigenvalue weighted by Gasteiger charge is 2.36. The summed E-state index contributed by atoms with van der Waals surface area (Å²) in [6, 6.07) is 4.14. The average molecular weight is 281 g/mol. The predicted molar refractivity (Wildman–Crippen MR) is 65.3 cm³/mol. The normalized spacial score (nSPS) is 15.7. The SMILES string of the molecule is CC(=O)CCC(=O)c1cccc2c1S(=O)(=O)NC2=O. The number of rotatable bonds is 4. The molecule has 0 spiro atoms. The maximum absolute atomic E-state index is 11.9. The smallest absolute Gasteiger partial charge is 0.266 e. The zero-order chi connectivity index (χ0) is 14.2. The zero-order valence-corrected chi connectivity index (χ0v) is 10.9. The molecular weight excluding hydrogens is 270 g/mol. The fraction of sp³-hybridized carbons (Fsp3) is 0.250. The molecule has 1 aliphatic heterocycles. The molecule has 0 radical (unpaired) electrons. The highest BCUT2D eigenvalue weighted by Crippen LogP contribution is 2.27. The molecule has 1 amide bonds. The van der Waals surface area contributed by atoms with Crippen molar-refractivity contribution >= 4 is 27.5 Å². The van der Waals surface area contributed by atoms with Crippen molar-refractivity contribution in [2.75, 3.05) is 0 Å². The van der Waals surface area contributed by atoms with Crippen LogP contribution in [0.1, 0.15) is 40.5 Å². The molecule has 0 saturated carbocycles. The largest absolute Gasteiger partial charge is 0.300 e. The molecule has 0 saturated heterocycles. The first-order chi connectivity index (χ1) is 8.83. The second-order valence-corrected chi connectivity index (χ2v) is 5.86. The van der Waals surface area contributed by atoms with Crippen LogP contribution in [0.4, 0.5) is 0 Å². The van der Waals surface area contributed by atoms with Gasteiger partial charge in [0.15, 0.2) is 5.78 Å². The molecule has 6 nitrogen and oxygen atoms in total. The van der Waals surface area contributed by atoms with Gasteiger partial charge in [0.1, 0.15) is 10.7 Å². The summed E-state index contributed by atoms with van der Waals surface area (Å²) in [4.78, 5) is 34.0. The van der Waals surface area contributed by atoms with Gasteiger partial charge in [0.05, 0.1) is 5.56 Å². The number of Topliss-reactive ketones (excluding diaryl/α,β-unsaturated/α-hetero) is 2. The standard InChI is InChI=1S/C12H11NO5S/c1-7(14)5-6-10(15)8-3-2-4-9-11(8)19(17,18)13-12(9)16/h2-4H,5-6H2,1H3,(H,13,16). The van der Waals surface area contributed by atoms with Gasteiger partial charge in [-0.15, -0.1) is 0 Å². The third-order valence-corrected chi connectivity index (χ3v) is 4.19. The van der Waals surface area contributed by atoms with E-state index in [1.54, 1.807) is 0 Å². The lowest BCUT2D eigenvalue weighted by Gasteiger charge is -2.04. The number of fused-ring (bicyclic) bond motifs is 1. The van der Waals surface area contributed by atoms with Crippen molar-refractivity contribution in [1.29, 1.82) is 0 Å². The van der Waals surface area contributed by atoms with Crippen LogP contribution < -0.4 is 4.72 Å². The highest BCUT2D eigenvalue weighted by molar-refractivity contribution is 7.90. The molecular formula is C12H11NO5S. The number of ketones is 2.